The molecule has 0 saturated carbocycles. The van der Waals surface area contributed by atoms with Gasteiger partial charge in [0.05, 0.1) is 22.1 Å². The summed E-state index contributed by atoms with van der Waals surface area (Å²) in [6.45, 7) is 2.31. The van der Waals surface area contributed by atoms with E-state index in [1.807, 2.05) is 24.3 Å². The maximum absolute atomic E-state index is 6.25. The third kappa shape index (κ3) is 5.69. The topological polar surface area (TPSA) is 61.7 Å². The summed E-state index contributed by atoms with van der Waals surface area (Å²) in [7, 11) is 0. The molecule has 4 aromatic heterocycles. The highest BCUT2D eigenvalue weighted by molar-refractivity contribution is 6.11. The predicted octanol–water partition coefficient (Wildman–Crippen LogP) is 14.7. The zero-order valence-electron chi connectivity index (χ0n) is 35.0. The summed E-state index contributed by atoms with van der Waals surface area (Å²) in [6, 6.07) is 64.4. The molecular weight excluding hydrogens is 783 g/mol. The van der Waals surface area contributed by atoms with E-state index in [2.05, 4.69) is 198 Å². The molecule has 6 nitrogen and oxygen atoms in total. The first-order valence-corrected chi connectivity index (χ1v) is 21.8. The Kier molecular flexibility index (Phi) is 8.00. The molecular formula is C58H39N5O. The lowest BCUT2D eigenvalue weighted by Crippen LogP contribution is -2.19. The summed E-state index contributed by atoms with van der Waals surface area (Å²) < 4.78 is 10.8. The molecule has 0 radical (unpaired) electrons. The van der Waals surface area contributed by atoms with E-state index in [0.29, 0.717) is 17.6 Å². The van der Waals surface area contributed by atoms with Gasteiger partial charge < -0.3 is 8.98 Å². The second-order valence-electron chi connectivity index (χ2n) is 17.1. The van der Waals surface area contributed by atoms with Crippen LogP contribution in [0, 0.1) is 0 Å². The second-order valence-corrected chi connectivity index (χ2v) is 17.1. The van der Waals surface area contributed by atoms with Crippen molar-refractivity contribution >= 4 is 65.6 Å². The highest BCUT2D eigenvalue weighted by Gasteiger charge is 2.26. The molecule has 6 heteroatoms. The van der Waals surface area contributed by atoms with Gasteiger partial charge >= 0.3 is 0 Å². The van der Waals surface area contributed by atoms with E-state index in [9.17, 15) is 0 Å². The molecule has 1 aliphatic carbocycles. The number of benzene rings is 8. The molecule has 12 aromatic rings. The fourth-order valence-electron chi connectivity index (χ4n) is 9.92. The predicted molar refractivity (Wildman–Crippen MR) is 262 cm³/mol. The van der Waals surface area contributed by atoms with Gasteiger partial charge in [-0.2, -0.15) is 9.97 Å². The Hall–Kier alpha value is -8.35. The van der Waals surface area contributed by atoms with Crippen molar-refractivity contribution in [2.75, 3.05) is 0 Å². The molecule has 1 unspecified atom stereocenters. The maximum Gasteiger partial charge on any atom is 0.238 e. The van der Waals surface area contributed by atoms with Crippen LogP contribution < -0.4 is 0 Å². The van der Waals surface area contributed by atoms with Crippen LogP contribution in [0.1, 0.15) is 18.9 Å². The first kappa shape index (κ1) is 36.3. The molecule has 302 valence electrons. The number of hydrogen-bond acceptors (Lipinski definition) is 4. The Bertz CT molecular complexity index is 3900. The van der Waals surface area contributed by atoms with Crippen LogP contribution in [0.15, 0.2) is 211 Å². The lowest BCUT2D eigenvalue weighted by atomic mass is 9.77. The van der Waals surface area contributed by atoms with Gasteiger partial charge in [0.15, 0.2) is 11.6 Å². The summed E-state index contributed by atoms with van der Waals surface area (Å²) >= 11 is 0. The number of fused-ring (bicyclic) bond motifs is 9. The van der Waals surface area contributed by atoms with E-state index in [1.165, 1.54) is 27.5 Å². The summed E-state index contributed by atoms with van der Waals surface area (Å²) in [5, 5.41) is 6.79. The lowest BCUT2D eigenvalue weighted by Gasteiger charge is -2.27. The third-order valence-electron chi connectivity index (χ3n) is 13.2. The van der Waals surface area contributed by atoms with E-state index in [0.717, 1.165) is 78.0 Å². The first-order valence-electron chi connectivity index (χ1n) is 21.8. The Balaban J connectivity index is 1.02. The molecule has 4 heterocycles. The van der Waals surface area contributed by atoms with Crippen molar-refractivity contribution in [2.45, 2.75) is 18.8 Å². The SMILES string of the molecule is CC1(c2ccc3c(c2)c2ccccc2n3-c2nc(-c3cccc(-n4c5ccccc5c5cc(-c6ccccc6)ccc54)c3)nc(-c3ccc4oc5ccccc5c4c3)n2)C=CC=CC1. The molecule has 1 aliphatic rings. The minimum absolute atomic E-state index is 0.0961. The lowest BCUT2D eigenvalue weighted by molar-refractivity contribution is 0.600. The summed E-state index contributed by atoms with van der Waals surface area (Å²) in [4.78, 5) is 16.0. The average molecular weight is 822 g/mol. The first-order chi connectivity index (χ1) is 31.6. The van der Waals surface area contributed by atoms with Crippen molar-refractivity contribution < 1.29 is 4.42 Å². The molecule has 0 bridgehead atoms. The zero-order chi connectivity index (χ0) is 42.4. The fourth-order valence-corrected chi connectivity index (χ4v) is 9.92. The normalized spacial score (nSPS) is 15.1. The Labute approximate surface area is 368 Å². The summed E-state index contributed by atoms with van der Waals surface area (Å²) in [5.41, 5.74) is 12.4. The van der Waals surface area contributed by atoms with Crippen LogP contribution in [-0.4, -0.2) is 24.1 Å². The minimum atomic E-state index is -0.0961. The third-order valence-corrected chi connectivity index (χ3v) is 13.2. The molecule has 8 aromatic carbocycles. The minimum Gasteiger partial charge on any atom is -0.456 e. The molecule has 1 atom stereocenters. The molecule has 0 saturated heterocycles. The van der Waals surface area contributed by atoms with Gasteiger partial charge in [0.1, 0.15) is 11.2 Å². The van der Waals surface area contributed by atoms with Crippen molar-refractivity contribution in [3.63, 3.8) is 0 Å². The van der Waals surface area contributed by atoms with Gasteiger partial charge in [-0.05, 0) is 95.9 Å². The Morgan fingerprint density at radius 3 is 1.84 bits per heavy atom. The quantitative estimate of drug-likeness (QED) is 0.168. The number of furan rings is 1. The van der Waals surface area contributed by atoms with Crippen LogP contribution in [0.4, 0.5) is 0 Å². The van der Waals surface area contributed by atoms with Gasteiger partial charge in [-0.3, -0.25) is 4.57 Å². The molecule has 0 fully saturated rings. The number of hydrogen-bond donors (Lipinski definition) is 0. The Morgan fingerprint density at radius 2 is 1.05 bits per heavy atom. The van der Waals surface area contributed by atoms with Gasteiger partial charge in [-0.15, -0.1) is 0 Å². The van der Waals surface area contributed by atoms with Crippen LogP contribution in [0.5, 0.6) is 0 Å². The van der Waals surface area contributed by atoms with Crippen molar-refractivity contribution in [3.8, 4) is 45.5 Å². The van der Waals surface area contributed by atoms with E-state index >= 15 is 0 Å². The van der Waals surface area contributed by atoms with Crippen LogP contribution in [0.3, 0.4) is 0 Å². The standard InChI is InChI=1S/C58H39N5O/c1-58(31-12-3-13-32-58)41-27-29-52-47(36-41)44-20-7-10-23-50(44)63(52)57-60-55(59-56(61-57)40-26-30-54-48(35-40)45-21-8-11-24-53(45)64-54)39-17-14-18-42(33-39)62-49-22-9-6-19-43(49)46-34-38(25-28-51(46)62)37-15-4-2-5-16-37/h2-31,33-36H,32H2,1H3. The number of rotatable bonds is 6. The highest BCUT2D eigenvalue weighted by Crippen LogP contribution is 2.40. The van der Waals surface area contributed by atoms with Crippen molar-refractivity contribution in [1.82, 2.24) is 24.1 Å². The largest absolute Gasteiger partial charge is 0.456 e. The second kappa shape index (κ2) is 14.1. The number of nitrogens with zero attached hydrogens (tertiary/aromatic N) is 5. The molecule has 0 N–H and O–H groups in total. The Morgan fingerprint density at radius 1 is 0.438 bits per heavy atom. The van der Waals surface area contributed by atoms with Crippen molar-refractivity contribution in [3.05, 3.63) is 212 Å². The number of allylic oxidation sites excluding steroid dienone is 4. The maximum atomic E-state index is 6.25. The van der Waals surface area contributed by atoms with Gasteiger partial charge in [0.25, 0.3) is 0 Å². The van der Waals surface area contributed by atoms with Crippen molar-refractivity contribution in [2.24, 2.45) is 0 Å². The highest BCUT2D eigenvalue weighted by atomic mass is 16.3. The zero-order valence-corrected chi connectivity index (χ0v) is 35.0. The van der Waals surface area contributed by atoms with E-state index in [1.54, 1.807) is 0 Å². The molecule has 13 rings (SSSR count). The van der Waals surface area contributed by atoms with Crippen LogP contribution in [0.25, 0.3) is 111 Å². The van der Waals surface area contributed by atoms with Gasteiger partial charge in [0.2, 0.25) is 5.95 Å². The summed E-state index contributed by atoms with van der Waals surface area (Å²) in [5.74, 6) is 1.72. The van der Waals surface area contributed by atoms with Gasteiger partial charge in [0, 0.05) is 54.5 Å². The fraction of sp³-hybridized carbons (Fsp3) is 0.0517. The number of aromatic nitrogens is 5. The average Bonchev–Trinajstić information content (AvgIpc) is 4.01. The van der Waals surface area contributed by atoms with E-state index in [4.69, 9.17) is 19.4 Å². The van der Waals surface area contributed by atoms with E-state index < -0.39 is 0 Å². The molecule has 0 amide bonds. The van der Waals surface area contributed by atoms with Crippen LogP contribution in [-0.2, 0) is 5.41 Å². The number of para-hydroxylation sites is 3. The van der Waals surface area contributed by atoms with Gasteiger partial charge in [-0.25, -0.2) is 4.98 Å². The monoisotopic (exact) mass is 821 g/mol. The van der Waals surface area contributed by atoms with Crippen molar-refractivity contribution in [1.29, 1.82) is 0 Å². The molecule has 0 spiro atoms. The van der Waals surface area contributed by atoms with Crippen LogP contribution >= 0.6 is 0 Å². The summed E-state index contributed by atoms with van der Waals surface area (Å²) in [6.07, 6.45) is 9.81. The molecule has 0 aliphatic heterocycles. The van der Waals surface area contributed by atoms with Crippen LogP contribution in [0.2, 0.25) is 0 Å². The van der Waals surface area contributed by atoms with E-state index in [-0.39, 0.29) is 5.41 Å². The smallest absolute Gasteiger partial charge is 0.238 e. The van der Waals surface area contributed by atoms with Gasteiger partial charge in [-0.1, -0.05) is 140 Å². The molecule has 64 heavy (non-hydrogen) atoms.